The molecule has 1 N–H and O–H groups in total. The molecule has 0 spiro atoms. The maximum absolute atomic E-state index is 10.8. The van der Waals surface area contributed by atoms with Crippen molar-refractivity contribution in [3.63, 3.8) is 0 Å². The smallest absolute Gasteiger partial charge is 0.0987 e. The number of nitrogens with one attached hydrogen (secondary N) is 1. The molecule has 14 heavy (non-hydrogen) atoms. The first-order valence-corrected chi connectivity index (χ1v) is 6.11. The highest BCUT2D eigenvalue weighted by atomic mass is 32.2. The average Bonchev–Trinajstić information content (AvgIpc) is 2.14. The molecule has 0 radical (unpaired) electrons. The molecular weight excluding hydrogens is 198 g/mol. The van der Waals surface area contributed by atoms with Crippen LogP contribution in [-0.2, 0) is 16.4 Å². The lowest BCUT2D eigenvalue weighted by Gasteiger charge is -2.06. The summed E-state index contributed by atoms with van der Waals surface area (Å²) in [4.78, 5) is 0.0674. The fourth-order valence-electron chi connectivity index (χ4n) is 1.22. The van der Waals surface area contributed by atoms with E-state index >= 15 is 0 Å². The van der Waals surface area contributed by atoms with E-state index in [1.54, 1.807) is 12.1 Å². The van der Waals surface area contributed by atoms with Crippen molar-refractivity contribution in [3.8, 4) is 0 Å². The lowest BCUT2D eigenvalue weighted by atomic mass is 10.1. The molecule has 0 bridgehead atoms. The fourth-order valence-corrected chi connectivity index (χ4v) is 1.71. The molecule has 0 heterocycles. The Labute approximate surface area is 85.0 Å². The number of benzene rings is 1. The number of hydrogen-bond donors (Lipinski definition) is 0. The summed E-state index contributed by atoms with van der Waals surface area (Å²) >= 11 is 0. The standard InChI is InChI=1S/C10H14NO2S/c1-2-3-4-9-5-7-10(8-6-9)14(11,12)13/h5-8H,2-4H2,1H3,(H-,11,12,13)/q-1. The Kier molecular flexibility index (Phi) is 3.66. The van der Waals surface area contributed by atoms with Crippen molar-refractivity contribution in [3.05, 3.63) is 35.0 Å². The minimum Gasteiger partial charge on any atom is -0.560 e. The Morgan fingerprint density at radius 2 is 1.79 bits per heavy atom. The third-order valence-corrected chi connectivity index (χ3v) is 2.95. The van der Waals surface area contributed by atoms with Crippen molar-refractivity contribution in [1.29, 1.82) is 0 Å². The Hall–Kier alpha value is -0.870. The third-order valence-electron chi connectivity index (χ3n) is 2.05. The Balaban J connectivity index is 2.79. The maximum Gasteiger partial charge on any atom is 0.0987 e. The maximum atomic E-state index is 10.8. The largest absolute Gasteiger partial charge is 0.560 e. The van der Waals surface area contributed by atoms with Gasteiger partial charge in [-0.25, -0.2) is 8.42 Å². The van der Waals surface area contributed by atoms with E-state index in [1.165, 1.54) is 12.1 Å². The van der Waals surface area contributed by atoms with Crippen LogP contribution in [0.5, 0.6) is 0 Å². The van der Waals surface area contributed by atoms with Crippen molar-refractivity contribution in [2.75, 3.05) is 0 Å². The molecule has 1 aromatic rings. The van der Waals surface area contributed by atoms with Crippen LogP contribution in [0.15, 0.2) is 29.2 Å². The van der Waals surface area contributed by atoms with Gasteiger partial charge in [0.05, 0.1) is 10.0 Å². The van der Waals surface area contributed by atoms with Gasteiger partial charge >= 0.3 is 0 Å². The Morgan fingerprint density at radius 3 is 2.21 bits per heavy atom. The first kappa shape index (κ1) is 11.2. The van der Waals surface area contributed by atoms with Gasteiger partial charge in [-0.05, 0) is 30.5 Å². The van der Waals surface area contributed by atoms with E-state index in [4.69, 9.17) is 5.14 Å². The number of sulfonamides is 1. The van der Waals surface area contributed by atoms with Crippen LogP contribution in [0.25, 0.3) is 5.14 Å². The van der Waals surface area contributed by atoms with Crippen LogP contribution in [0, 0.1) is 0 Å². The SMILES string of the molecule is CCCCc1ccc(S([NH-])(=O)=O)cc1. The van der Waals surface area contributed by atoms with Crippen molar-refractivity contribution in [1.82, 2.24) is 0 Å². The van der Waals surface area contributed by atoms with Crippen LogP contribution in [0.1, 0.15) is 25.3 Å². The molecule has 0 aliphatic rings. The van der Waals surface area contributed by atoms with Gasteiger partial charge in [0.15, 0.2) is 0 Å². The highest BCUT2D eigenvalue weighted by molar-refractivity contribution is 7.93. The van der Waals surface area contributed by atoms with Gasteiger partial charge in [0.1, 0.15) is 0 Å². The van der Waals surface area contributed by atoms with Crippen molar-refractivity contribution < 1.29 is 8.42 Å². The summed E-state index contributed by atoms with van der Waals surface area (Å²) in [6, 6.07) is 6.54. The van der Waals surface area contributed by atoms with Gasteiger partial charge in [0.25, 0.3) is 0 Å². The number of unbranched alkanes of at least 4 members (excludes halogenated alkanes) is 1. The van der Waals surface area contributed by atoms with E-state index in [9.17, 15) is 8.42 Å². The normalized spacial score (nSPS) is 11.6. The Morgan fingerprint density at radius 1 is 1.21 bits per heavy atom. The minimum absolute atomic E-state index is 0.0674. The molecule has 0 atom stereocenters. The molecule has 0 aliphatic heterocycles. The van der Waals surface area contributed by atoms with Crippen molar-refractivity contribution in [2.45, 2.75) is 31.1 Å². The van der Waals surface area contributed by atoms with Gasteiger partial charge in [-0.3, -0.25) is 0 Å². The number of rotatable bonds is 4. The fraction of sp³-hybridized carbons (Fsp3) is 0.400. The lowest BCUT2D eigenvalue weighted by molar-refractivity contribution is 0.605. The van der Waals surface area contributed by atoms with E-state index in [-0.39, 0.29) is 4.90 Å². The van der Waals surface area contributed by atoms with Crippen LogP contribution < -0.4 is 0 Å². The lowest BCUT2D eigenvalue weighted by Crippen LogP contribution is -1.93. The molecule has 0 saturated heterocycles. The molecular formula is C10H14NO2S-. The molecule has 4 heteroatoms. The summed E-state index contributed by atoms with van der Waals surface area (Å²) in [6.07, 6.45) is 3.19. The molecule has 0 unspecified atom stereocenters. The van der Waals surface area contributed by atoms with Gasteiger partial charge in [-0.2, -0.15) is 0 Å². The van der Waals surface area contributed by atoms with E-state index in [0.29, 0.717) is 0 Å². The van der Waals surface area contributed by atoms with E-state index < -0.39 is 10.0 Å². The van der Waals surface area contributed by atoms with Gasteiger partial charge in [-0.15, -0.1) is 0 Å². The zero-order valence-corrected chi connectivity index (χ0v) is 8.97. The molecule has 3 nitrogen and oxygen atoms in total. The molecule has 1 aromatic carbocycles. The summed E-state index contributed by atoms with van der Waals surface area (Å²) in [7, 11) is -3.79. The average molecular weight is 212 g/mol. The molecule has 1 rings (SSSR count). The molecule has 0 saturated carbocycles. The van der Waals surface area contributed by atoms with Gasteiger partial charge in [0.2, 0.25) is 0 Å². The zero-order chi connectivity index (χ0) is 10.6. The second-order valence-corrected chi connectivity index (χ2v) is 4.73. The number of aryl methyl sites for hydroxylation is 1. The van der Waals surface area contributed by atoms with Gasteiger partial charge in [0, 0.05) is 4.90 Å². The minimum atomic E-state index is -3.79. The van der Waals surface area contributed by atoms with Crippen LogP contribution in [-0.4, -0.2) is 8.42 Å². The number of hydrogen-bond acceptors (Lipinski definition) is 2. The van der Waals surface area contributed by atoms with Crippen LogP contribution in [0.2, 0.25) is 0 Å². The molecule has 0 aromatic heterocycles. The summed E-state index contributed by atoms with van der Waals surface area (Å²) < 4.78 is 21.6. The van der Waals surface area contributed by atoms with Crippen LogP contribution >= 0.6 is 0 Å². The van der Waals surface area contributed by atoms with Crippen LogP contribution in [0.4, 0.5) is 0 Å². The monoisotopic (exact) mass is 212 g/mol. The highest BCUT2D eigenvalue weighted by Gasteiger charge is 1.99. The zero-order valence-electron chi connectivity index (χ0n) is 8.16. The highest BCUT2D eigenvalue weighted by Crippen LogP contribution is 2.13. The summed E-state index contributed by atoms with van der Waals surface area (Å²) in [5, 5.41) is 6.85. The Bertz CT molecular complexity index is 381. The molecule has 78 valence electrons. The first-order chi connectivity index (χ1) is 6.54. The van der Waals surface area contributed by atoms with E-state index in [0.717, 1.165) is 24.8 Å². The first-order valence-electron chi connectivity index (χ1n) is 4.62. The molecule has 0 amide bonds. The predicted octanol–water partition coefficient (Wildman–Crippen LogP) is 2.77. The molecule has 0 fully saturated rings. The second-order valence-electron chi connectivity index (χ2n) is 3.25. The summed E-state index contributed by atoms with van der Waals surface area (Å²) in [5.41, 5.74) is 1.12. The topological polar surface area (TPSA) is 57.9 Å². The molecule has 0 aliphatic carbocycles. The van der Waals surface area contributed by atoms with E-state index in [1.807, 2.05) is 0 Å². The van der Waals surface area contributed by atoms with Crippen molar-refractivity contribution >= 4 is 10.0 Å². The van der Waals surface area contributed by atoms with Gasteiger partial charge < -0.3 is 5.14 Å². The van der Waals surface area contributed by atoms with Crippen LogP contribution in [0.3, 0.4) is 0 Å². The summed E-state index contributed by atoms with van der Waals surface area (Å²) in [6.45, 7) is 2.11. The second kappa shape index (κ2) is 4.57. The predicted molar refractivity (Wildman–Crippen MR) is 56.6 cm³/mol. The summed E-state index contributed by atoms with van der Waals surface area (Å²) in [5.74, 6) is 0. The quantitative estimate of drug-likeness (QED) is 0.770. The van der Waals surface area contributed by atoms with E-state index in [2.05, 4.69) is 6.92 Å². The van der Waals surface area contributed by atoms with Crippen molar-refractivity contribution in [2.24, 2.45) is 0 Å². The van der Waals surface area contributed by atoms with Gasteiger partial charge in [-0.1, -0.05) is 25.5 Å². The third kappa shape index (κ3) is 3.12.